The van der Waals surface area contributed by atoms with Gasteiger partial charge in [0.05, 0.1) is 12.4 Å². The van der Waals surface area contributed by atoms with Crippen LogP contribution < -0.4 is 0 Å². The smallest absolute Gasteiger partial charge is 0.0537 e. The molecule has 3 rings (SSSR count). The molecule has 0 N–H and O–H groups in total. The van der Waals surface area contributed by atoms with E-state index in [2.05, 4.69) is 40.8 Å². The standard InChI is InChI=1S/C15H23N5/c1-11-13(7-16-19(11)3)9-18(2)10-14-8-17-20(4)15(14)12-5-6-12/h7-8,12H,5-6,9-10H2,1-4H3. The summed E-state index contributed by atoms with van der Waals surface area (Å²) >= 11 is 0. The van der Waals surface area contributed by atoms with Gasteiger partial charge >= 0.3 is 0 Å². The Labute approximate surface area is 120 Å². The van der Waals surface area contributed by atoms with Crippen LogP contribution in [-0.4, -0.2) is 31.5 Å². The van der Waals surface area contributed by atoms with Crippen LogP contribution in [-0.2, 0) is 27.2 Å². The monoisotopic (exact) mass is 273 g/mol. The summed E-state index contributed by atoms with van der Waals surface area (Å²) in [5.74, 6) is 0.742. The van der Waals surface area contributed by atoms with E-state index in [0.29, 0.717) is 0 Å². The van der Waals surface area contributed by atoms with Crippen LogP contribution in [0, 0.1) is 6.92 Å². The normalized spacial score (nSPS) is 15.2. The molecule has 0 aromatic carbocycles. The lowest BCUT2D eigenvalue weighted by atomic mass is 10.1. The molecule has 1 aliphatic carbocycles. The Morgan fingerprint density at radius 1 is 1.10 bits per heavy atom. The van der Waals surface area contributed by atoms with Crippen molar-refractivity contribution in [1.82, 2.24) is 24.5 Å². The Bertz CT molecular complexity index is 606. The number of aryl methyl sites for hydroxylation is 2. The number of hydrogen-bond donors (Lipinski definition) is 0. The summed E-state index contributed by atoms with van der Waals surface area (Å²) in [6.07, 6.45) is 6.63. The third-order valence-corrected chi connectivity index (χ3v) is 4.25. The lowest BCUT2D eigenvalue weighted by Crippen LogP contribution is -2.18. The Morgan fingerprint density at radius 3 is 2.30 bits per heavy atom. The Balaban J connectivity index is 1.70. The molecule has 2 aromatic rings. The first-order valence-corrected chi connectivity index (χ1v) is 7.23. The molecule has 2 aromatic heterocycles. The molecule has 5 nitrogen and oxygen atoms in total. The average molecular weight is 273 g/mol. The Kier molecular flexibility index (Phi) is 3.38. The van der Waals surface area contributed by atoms with E-state index >= 15 is 0 Å². The van der Waals surface area contributed by atoms with Gasteiger partial charge in [0.1, 0.15) is 0 Å². The van der Waals surface area contributed by atoms with E-state index in [-0.39, 0.29) is 0 Å². The van der Waals surface area contributed by atoms with E-state index in [1.54, 1.807) is 0 Å². The molecule has 0 amide bonds. The fourth-order valence-corrected chi connectivity index (χ4v) is 2.83. The second-order valence-corrected chi connectivity index (χ2v) is 6.00. The summed E-state index contributed by atoms with van der Waals surface area (Å²) in [6.45, 7) is 4.00. The summed E-state index contributed by atoms with van der Waals surface area (Å²) in [5.41, 5.74) is 5.34. The summed E-state index contributed by atoms with van der Waals surface area (Å²) in [6, 6.07) is 0. The van der Waals surface area contributed by atoms with Crippen molar-refractivity contribution >= 4 is 0 Å². The third kappa shape index (κ3) is 2.50. The first-order valence-electron chi connectivity index (χ1n) is 7.23. The molecular formula is C15H23N5. The van der Waals surface area contributed by atoms with Crippen LogP contribution in [0.5, 0.6) is 0 Å². The highest BCUT2D eigenvalue weighted by atomic mass is 15.3. The third-order valence-electron chi connectivity index (χ3n) is 4.25. The fourth-order valence-electron chi connectivity index (χ4n) is 2.83. The van der Waals surface area contributed by atoms with Crippen molar-refractivity contribution in [2.75, 3.05) is 7.05 Å². The molecule has 0 atom stereocenters. The van der Waals surface area contributed by atoms with Crippen LogP contribution in [0.25, 0.3) is 0 Å². The highest BCUT2D eigenvalue weighted by molar-refractivity contribution is 5.25. The van der Waals surface area contributed by atoms with Gasteiger partial charge in [-0.1, -0.05) is 0 Å². The molecule has 2 heterocycles. The first kappa shape index (κ1) is 13.4. The second-order valence-electron chi connectivity index (χ2n) is 6.00. The maximum atomic E-state index is 4.43. The lowest BCUT2D eigenvalue weighted by Gasteiger charge is -2.16. The lowest BCUT2D eigenvalue weighted by molar-refractivity contribution is 0.317. The molecule has 1 aliphatic rings. The average Bonchev–Trinajstić information content (AvgIpc) is 3.12. The molecule has 0 unspecified atom stereocenters. The molecule has 5 heteroatoms. The molecule has 0 bridgehead atoms. The molecule has 0 radical (unpaired) electrons. The van der Waals surface area contributed by atoms with Gasteiger partial charge in [-0.15, -0.1) is 0 Å². The molecule has 0 spiro atoms. The van der Waals surface area contributed by atoms with Gasteiger partial charge in [-0.3, -0.25) is 14.3 Å². The largest absolute Gasteiger partial charge is 0.298 e. The van der Waals surface area contributed by atoms with E-state index in [0.717, 1.165) is 19.0 Å². The summed E-state index contributed by atoms with van der Waals surface area (Å²) in [4.78, 5) is 2.34. The van der Waals surface area contributed by atoms with Gasteiger partial charge < -0.3 is 0 Å². The molecule has 1 fully saturated rings. The second kappa shape index (κ2) is 5.05. The van der Waals surface area contributed by atoms with Gasteiger partial charge in [-0.25, -0.2) is 0 Å². The molecule has 108 valence electrons. The van der Waals surface area contributed by atoms with Gasteiger partial charge in [-0.05, 0) is 26.8 Å². The summed E-state index contributed by atoms with van der Waals surface area (Å²) in [5, 5.41) is 8.74. The maximum Gasteiger partial charge on any atom is 0.0537 e. The number of nitrogens with zero attached hydrogens (tertiary/aromatic N) is 5. The van der Waals surface area contributed by atoms with Crippen LogP contribution in [0.2, 0.25) is 0 Å². The van der Waals surface area contributed by atoms with Crippen molar-refractivity contribution in [3.63, 3.8) is 0 Å². The zero-order chi connectivity index (χ0) is 14.3. The van der Waals surface area contributed by atoms with E-state index in [9.17, 15) is 0 Å². The highest BCUT2D eigenvalue weighted by Crippen LogP contribution is 2.41. The molecule has 20 heavy (non-hydrogen) atoms. The number of rotatable bonds is 5. The van der Waals surface area contributed by atoms with Crippen molar-refractivity contribution in [2.24, 2.45) is 14.1 Å². The van der Waals surface area contributed by atoms with Crippen molar-refractivity contribution in [3.05, 3.63) is 34.9 Å². The molecule has 0 aliphatic heterocycles. The summed E-state index contributed by atoms with van der Waals surface area (Å²) < 4.78 is 3.99. The van der Waals surface area contributed by atoms with E-state index < -0.39 is 0 Å². The SMILES string of the molecule is Cc1c(CN(C)Cc2cnn(C)c2C2CC2)cnn1C. The fraction of sp³-hybridized carbons (Fsp3) is 0.600. The zero-order valence-corrected chi connectivity index (χ0v) is 12.8. The van der Waals surface area contributed by atoms with Crippen LogP contribution in [0.1, 0.15) is 41.3 Å². The topological polar surface area (TPSA) is 38.9 Å². The van der Waals surface area contributed by atoms with E-state index in [1.165, 1.54) is 35.4 Å². The minimum Gasteiger partial charge on any atom is -0.298 e. The van der Waals surface area contributed by atoms with Crippen LogP contribution in [0.3, 0.4) is 0 Å². The predicted octanol–water partition coefficient (Wildman–Crippen LogP) is 1.97. The van der Waals surface area contributed by atoms with Crippen LogP contribution >= 0.6 is 0 Å². The van der Waals surface area contributed by atoms with E-state index in [4.69, 9.17) is 0 Å². The van der Waals surface area contributed by atoms with Gasteiger partial charge in [0.25, 0.3) is 0 Å². The Morgan fingerprint density at radius 2 is 1.70 bits per heavy atom. The first-order chi connectivity index (χ1) is 9.56. The quantitative estimate of drug-likeness (QED) is 0.836. The van der Waals surface area contributed by atoms with Gasteiger partial charge in [0, 0.05) is 55.6 Å². The van der Waals surface area contributed by atoms with Crippen LogP contribution in [0.15, 0.2) is 12.4 Å². The molecule has 0 saturated heterocycles. The number of hydrogen-bond acceptors (Lipinski definition) is 3. The number of aromatic nitrogens is 4. The predicted molar refractivity (Wildman–Crippen MR) is 78.3 cm³/mol. The molecule has 1 saturated carbocycles. The van der Waals surface area contributed by atoms with Crippen molar-refractivity contribution in [3.8, 4) is 0 Å². The van der Waals surface area contributed by atoms with Crippen LogP contribution in [0.4, 0.5) is 0 Å². The zero-order valence-electron chi connectivity index (χ0n) is 12.8. The van der Waals surface area contributed by atoms with Gasteiger partial charge in [0.15, 0.2) is 0 Å². The van der Waals surface area contributed by atoms with Crippen molar-refractivity contribution < 1.29 is 0 Å². The van der Waals surface area contributed by atoms with Crippen molar-refractivity contribution in [1.29, 1.82) is 0 Å². The van der Waals surface area contributed by atoms with Gasteiger partial charge in [-0.2, -0.15) is 10.2 Å². The van der Waals surface area contributed by atoms with E-state index in [1.807, 2.05) is 24.1 Å². The van der Waals surface area contributed by atoms with Gasteiger partial charge in [0.2, 0.25) is 0 Å². The Hall–Kier alpha value is -1.62. The summed E-state index contributed by atoms with van der Waals surface area (Å²) in [7, 11) is 6.21. The minimum atomic E-state index is 0.742. The van der Waals surface area contributed by atoms with Crippen molar-refractivity contribution in [2.45, 2.75) is 38.8 Å². The highest BCUT2D eigenvalue weighted by Gasteiger charge is 2.29. The maximum absolute atomic E-state index is 4.43. The minimum absolute atomic E-state index is 0.742. The molecular weight excluding hydrogens is 250 g/mol.